The summed E-state index contributed by atoms with van der Waals surface area (Å²) in [5.41, 5.74) is 14.7. The molecule has 1 fully saturated rings. The molecule has 6 aromatic rings. The van der Waals surface area contributed by atoms with Crippen molar-refractivity contribution < 1.29 is 29.5 Å². The lowest BCUT2D eigenvalue weighted by Gasteiger charge is -2.38. The Bertz CT molecular complexity index is 2140. The Labute approximate surface area is 320 Å². The molecule has 7 N–H and O–H groups in total. The SMILES string of the molecule is CC[C@@H](O)[C@@H](C)[C@@H](OCc1ccccc1)C(C)(O)c1ccc2c(N)ncnn12.CC[C@H]1O[C@@](O)(c2ccc3c(N)ncnn23)[C@H](OCc2ccccc2)[C@@H]1C. The first-order chi connectivity index (χ1) is 26.4. The van der Waals surface area contributed by atoms with Gasteiger partial charge in [0.25, 0.3) is 0 Å². The van der Waals surface area contributed by atoms with Gasteiger partial charge >= 0.3 is 0 Å². The number of rotatable bonds is 13. The van der Waals surface area contributed by atoms with Crippen LogP contribution in [0.25, 0.3) is 11.0 Å². The summed E-state index contributed by atoms with van der Waals surface area (Å²) in [6.07, 6.45) is 2.10. The predicted molar refractivity (Wildman–Crippen MR) is 208 cm³/mol. The Morgan fingerprint density at radius 2 is 1.42 bits per heavy atom. The number of nitrogens with zero attached hydrogens (tertiary/aromatic N) is 6. The van der Waals surface area contributed by atoms with E-state index in [4.69, 9.17) is 25.7 Å². The molecule has 1 aliphatic heterocycles. The van der Waals surface area contributed by atoms with Gasteiger partial charge in [0.1, 0.15) is 41.1 Å². The second-order valence-corrected chi connectivity index (χ2v) is 14.4. The number of aliphatic hydroxyl groups is 3. The summed E-state index contributed by atoms with van der Waals surface area (Å²) in [7, 11) is 0. The van der Waals surface area contributed by atoms with Gasteiger partial charge in [-0.15, -0.1) is 0 Å². The molecule has 14 nitrogen and oxygen atoms in total. The Morgan fingerprint density at radius 1 is 0.855 bits per heavy atom. The number of anilines is 2. The predicted octanol–water partition coefficient (Wildman–Crippen LogP) is 5.00. The van der Waals surface area contributed by atoms with Crippen molar-refractivity contribution in [2.75, 3.05) is 11.5 Å². The summed E-state index contributed by atoms with van der Waals surface area (Å²) in [4.78, 5) is 8.00. The molecule has 0 radical (unpaired) electrons. The fourth-order valence-corrected chi connectivity index (χ4v) is 7.51. The summed E-state index contributed by atoms with van der Waals surface area (Å²) in [5, 5.41) is 42.1. The topological polar surface area (TPSA) is 201 Å². The zero-order valence-electron chi connectivity index (χ0n) is 31.9. The Hall–Kier alpha value is -4.96. The first kappa shape index (κ1) is 39.7. The maximum absolute atomic E-state index is 11.6. The Morgan fingerprint density at radius 3 is 2.02 bits per heavy atom. The molecule has 7 rings (SSSR count). The quantitative estimate of drug-likeness (QED) is 0.106. The van der Waals surface area contributed by atoms with Gasteiger partial charge in [-0.05, 0) is 55.2 Å². The van der Waals surface area contributed by atoms with Crippen molar-refractivity contribution in [3.05, 3.63) is 120 Å². The minimum atomic E-state index is -1.62. The number of hydrogen-bond donors (Lipinski definition) is 5. The van der Waals surface area contributed by atoms with Crippen LogP contribution in [-0.4, -0.2) is 68.9 Å². The van der Waals surface area contributed by atoms with Crippen molar-refractivity contribution in [1.82, 2.24) is 29.2 Å². The zero-order chi connectivity index (χ0) is 39.3. The number of benzene rings is 2. The summed E-state index contributed by atoms with van der Waals surface area (Å²) in [6, 6.07) is 26.7. The average molecular weight is 753 g/mol. The molecule has 0 amide bonds. The molecule has 5 heterocycles. The highest BCUT2D eigenvalue weighted by Crippen LogP contribution is 2.44. The molecule has 0 spiro atoms. The van der Waals surface area contributed by atoms with Crippen molar-refractivity contribution in [2.45, 2.75) is 96.5 Å². The van der Waals surface area contributed by atoms with E-state index in [1.165, 1.54) is 12.7 Å². The van der Waals surface area contributed by atoms with Crippen molar-refractivity contribution in [2.24, 2.45) is 11.8 Å². The monoisotopic (exact) mass is 752 g/mol. The molecule has 1 aliphatic rings. The second-order valence-electron chi connectivity index (χ2n) is 14.4. The molecule has 4 aromatic heterocycles. The highest BCUT2D eigenvalue weighted by molar-refractivity contribution is 5.66. The highest BCUT2D eigenvalue weighted by Gasteiger charge is 2.55. The molecule has 2 aromatic carbocycles. The van der Waals surface area contributed by atoms with E-state index in [1.54, 1.807) is 40.2 Å². The zero-order valence-corrected chi connectivity index (χ0v) is 31.9. The van der Waals surface area contributed by atoms with Gasteiger partial charge in [0, 0.05) is 11.8 Å². The molecule has 1 unspecified atom stereocenters. The average Bonchev–Trinajstić information content (AvgIpc) is 3.91. The van der Waals surface area contributed by atoms with Crippen LogP contribution in [0.15, 0.2) is 97.6 Å². The van der Waals surface area contributed by atoms with Gasteiger partial charge in [-0.2, -0.15) is 10.2 Å². The maximum Gasteiger partial charge on any atom is 0.237 e. The Kier molecular flexibility index (Phi) is 12.1. The number of nitrogens with two attached hydrogens (primary N) is 2. The van der Waals surface area contributed by atoms with Crippen LogP contribution in [0.1, 0.15) is 70.0 Å². The van der Waals surface area contributed by atoms with Gasteiger partial charge in [0.05, 0.1) is 37.2 Å². The molecule has 0 aliphatic carbocycles. The summed E-state index contributed by atoms with van der Waals surface area (Å²) in [5.74, 6) is -1.25. The van der Waals surface area contributed by atoms with E-state index in [-0.39, 0.29) is 17.9 Å². The lowest BCUT2D eigenvalue weighted by molar-refractivity contribution is -0.251. The fraction of sp³-hybridized carbons (Fsp3) is 0.415. The number of aliphatic hydroxyl groups excluding tert-OH is 1. The van der Waals surface area contributed by atoms with Crippen LogP contribution in [0.4, 0.5) is 11.6 Å². The lowest BCUT2D eigenvalue weighted by Crippen LogP contribution is -2.47. The fourth-order valence-electron chi connectivity index (χ4n) is 7.51. The molecule has 292 valence electrons. The largest absolute Gasteiger partial charge is 0.393 e. The summed E-state index contributed by atoms with van der Waals surface area (Å²) in [6.45, 7) is 10.3. The molecular formula is C41H52N8O6. The van der Waals surface area contributed by atoms with Gasteiger partial charge in [-0.1, -0.05) is 88.4 Å². The van der Waals surface area contributed by atoms with Crippen molar-refractivity contribution in [3.63, 3.8) is 0 Å². The first-order valence-electron chi connectivity index (χ1n) is 18.7. The third-order valence-corrected chi connectivity index (χ3v) is 10.6. The van der Waals surface area contributed by atoms with Crippen LogP contribution >= 0.6 is 0 Å². The van der Waals surface area contributed by atoms with Crippen LogP contribution in [0.5, 0.6) is 0 Å². The highest BCUT2D eigenvalue weighted by atomic mass is 16.7. The Balaban J connectivity index is 0.000000187. The number of nitrogen functional groups attached to an aromatic ring is 2. The first-order valence-corrected chi connectivity index (χ1v) is 18.7. The van der Waals surface area contributed by atoms with Gasteiger partial charge in [0.15, 0.2) is 11.6 Å². The third kappa shape index (κ3) is 8.06. The van der Waals surface area contributed by atoms with Gasteiger partial charge < -0.3 is 41.0 Å². The van der Waals surface area contributed by atoms with Gasteiger partial charge in [-0.25, -0.2) is 19.0 Å². The second kappa shape index (κ2) is 16.8. The van der Waals surface area contributed by atoms with E-state index in [0.29, 0.717) is 53.7 Å². The lowest BCUT2D eigenvalue weighted by atomic mass is 9.83. The molecule has 8 atom stereocenters. The number of fused-ring (bicyclic) bond motifs is 2. The number of aromatic nitrogens is 6. The standard InChI is InChI=1S/C21H28N4O3.C20H24N4O3/c1-4-17(26)14(2)19(28-12-15-8-6-5-7-9-15)21(3,27)18-11-10-16-20(22)23-13-24-25(16)18;1-3-16-13(2)18(26-11-14-7-5-4-6-8-14)20(25,27-16)17-10-9-15-19(21)22-12-23-24(15)17/h5-11,13-14,17,19,26-27H,4,12H2,1-3H3,(H2,22,23,24);4-10,12-13,16,18,25H,3,11H2,1-2H3,(H2,21,22,23)/t14-,17-,19-,21?;13-,16-,18-,20+/m11/s1. The van der Waals surface area contributed by atoms with E-state index in [1.807, 2.05) is 88.4 Å². The molecule has 14 heteroatoms. The smallest absolute Gasteiger partial charge is 0.237 e. The third-order valence-electron chi connectivity index (χ3n) is 10.6. The van der Waals surface area contributed by atoms with Crippen LogP contribution in [0, 0.1) is 11.8 Å². The van der Waals surface area contributed by atoms with Crippen molar-refractivity contribution in [1.29, 1.82) is 0 Å². The van der Waals surface area contributed by atoms with Crippen LogP contribution in [-0.2, 0) is 38.8 Å². The van der Waals surface area contributed by atoms with Gasteiger partial charge in [-0.3, -0.25) is 0 Å². The van der Waals surface area contributed by atoms with Crippen LogP contribution < -0.4 is 11.5 Å². The van der Waals surface area contributed by atoms with Crippen molar-refractivity contribution in [3.8, 4) is 0 Å². The summed E-state index contributed by atoms with van der Waals surface area (Å²) >= 11 is 0. The molecule has 0 saturated carbocycles. The van der Waals surface area contributed by atoms with Gasteiger partial charge in [0.2, 0.25) is 5.79 Å². The molecule has 55 heavy (non-hydrogen) atoms. The summed E-state index contributed by atoms with van der Waals surface area (Å²) < 4.78 is 21.6. The maximum atomic E-state index is 11.6. The number of hydrogen-bond acceptors (Lipinski definition) is 12. The van der Waals surface area contributed by atoms with Crippen molar-refractivity contribution >= 4 is 22.7 Å². The minimum Gasteiger partial charge on any atom is -0.393 e. The van der Waals surface area contributed by atoms with Crippen LogP contribution in [0.2, 0.25) is 0 Å². The van der Waals surface area contributed by atoms with E-state index >= 15 is 0 Å². The molecule has 0 bridgehead atoms. The molecule has 1 saturated heterocycles. The van der Waals surface area contributed by atoms with E-state index in [0.717, 1.165) is 17.5 Å². The normalized spacial score (nSPS) is 22.5. The van der Waals surface area contributed by atoms with E-state index in [9.17, 15) is 15.3 Å². The molecular weight excluding hydrogens is 701 g/mol. The minimum absolute atomic E-state index is 0.00782. The van der Waals surface area contributed by atoms with Crippen LogP contribution in [0.3, 0.4) is 0 Å². The van der Waals surface area contributed by atoms with E-state index in [2.05, 4.69) is 20.2 Å². The number of ether oxygens (including phenoxy) is 3. The van der Waals surface area contributed by atoms with E-state index < -0.39 is 29.7 Å².